The summed E-state index contributed by atoms with van der Waals surface area (Å²) in [6.07, 6.45) is -0.248. The van der Waals surface area contributed by atoms with Crippen LogP contribution in [0.2, 0.25) is 0 Å². The van der Waals surface area contributed by atoms with Crippen LogP contribution in [-0.2, 0) is 9.09 Å². The van der Waals surface area contributed by atoms with Gasteiger partial charge in [-0.25, -0.2) is 4.57 Å². The van der Waals surface area contributed by atoms with Crippen molar-refractivity contribution in [1.29, 1.82) is 0 Å². The molecule has 3 N–H and O–H groups in total. The van der Waals surface area contributed by atoms with Crippen LogP contribution in [0.5, 0.6) is 0 Å². The highest BCUT2D eigenvalue weighted by atomic mass is 31.1. The molecule has 1 aliphatic heterocycles. The second kappa shape index (κ2) is 7.56. The molecule has 7 nitrogen and oxygen atoms in total. The number of nitrogens with two attached hydrogens (primary N) is 1. The minimum absolute atomic E-state index is 0.242. The number of carbonyl (C=O) groups excluding carboxylic acids is 2. The number of fused-ring (bicyclic) bond motifs is 1. The van der Waals surface area contributed by atoms with E-state index in [-0.39, 0.29) is 6.61 Å². The predicted octanol–water partition coefficient (Wildman–Crippen LogP) is 0.974. The Bertz CT molecular complexity index is 545. The van der Waals surface area contributed by atoms with E-state index in [1.807, 2.05) is 0 Å². The predicted molar refractivity (Wildman–Crippen MR) is 78.6 cm³/mol. The maximum Gasteiger partial charge on any atom is 0.327 e. The molecule has 0 bridgehead atoms. The third-order valence-corrected chi connectivity index (χ3v) is 3.86. The Hall–Kier alpha value is -1.66. The van der Waals surface area contributed by atoms with Crippen LogP contribution in [0.25, 0.3) is 0 Å². The van der Waals surface area contributed by atoms with E-state index in [1.165, 1.54) is 0 Å². The summed E-state index contributed by atoms with van der Waals surface area (Å²) in [5, 5.41) is 10.2. The van der Waals surface area contributed by atoms with Crippen molar-refractivity contribution in [2.45, 2.75) is 25.0 Å². The van der Waals surface area contributed by atoms with Gasteiger partial charge in [0.05, 0.1) is 29.9 Å². The summed E-state index contributed by atoms with van der Waals surface area (Å²) < 4.78 is 15.0. The van der Waals surface area contributed by atoms with Crippen LogP contribution in [-0.4, -0.2) is 47.1 Å². The van der Waals surface area contributed by atoms with E-state index < -0.39 is 32.6 Å². The van der Waals surface area contributed by atoms with Crippen molar-refractivity contribution in [2.24, 2.45) is 5.73 Å². The minimum atomic E-state index is -1.13. The van der Waals surface area contributed by atoms with Crippen LogP contribution in [0, 0.1) is 0 Å². The van der Waals surface area contributed by atoms with E-state index in [2.05, 4.69) is 4.52 Å². The number of benzene rings is 1. The van der Waals surface area contributed by atoms with E-state index in [1.54, 1.807) is 24.3 Å². The number of rotatable bonds is 8. The van der Waals surface area contributed by atoms with Crippen LogP contribution in [0.15, 0.2) is 24.3 Å². The topological polar surface area (TPSA) is 110 Å². The molecular weight excluding hydrogens is 307 g/mol. The molecule has 8 heteroatoms. The van der Waals surface area contributed by atoms with Gasteiger partial charge in [-0.3, -0.25) is 19.0 Å². The van der Waals surface area contributed by atoms with Crippen molar-refractivity contribution >= 4 is 20.5 Å². The number of imide groups is 1. The first-order valence-corrected chi connectivity index (χ1v) is 7.64. The lowest BCUT2D eigenvalue weighted by atomic mass is 10.0. The normalized spacial score (nSPS) is 16.9. The zero-order valence-electron chi connectivity index (χ0n) is 11.8. The van der Waals surface area contributed by atoms with Crippen molar-refractivity contribution in [3.8, 4) is 0 Å². The second-order valence-corrected chi connectivity index (χ2v) is 5.37. The standard InChI is InChI=1S/C14H17N2O5P/c15-7-3-6-11(12(17)8-21-22-20)16-13(18)9-4-1-2-5-10(9)14(16)19/h1-2,4-5,11-12,17H,3,6-8,15H2. The fourth-order valence-electron chi connectivity index (χ4n) is 2.55. The zero-order chi connectivity index (χ0) is 16.1. The maximum absolute atomic E-state index is 12.4. The summed E-state index contributed by atoms with van der Waals surface area (Å²) >= 11 is 0. The van der Waals surface area contributed by atoms with E-state index in [9.17, 15) is 19.3 Å². The fraction of sp³-hybridized carbons (Fsp3) is 0.429. The summed E-state index contributed by atoms with van der Waals surface area (Å²) in [5.74, 6) is -0.886. The van der Waals surface area contributed by atoms with Crippen molar-refractivity contribution in [1.82, 2.24) is 4.90 Å². The Morgan fingerprint density at radius 2 is 1.82 bits per heavy atom. The molecule has 1 aliphatic rings. The minimum Gasteiger partial charge on any atom is -0.389 e. The third kappa shape index (κ3) is 3.23. The van der Waals surface area contributed by atoms with Gasteiger partial charge in [-0.1, -0.05) is 12.1 Å². The van der Waals surface area contributed by atoms with Crippen molar-refractivity contribution in [3.63, 3.8) is 0 Å². The average Bonchev–Trinajstić information content (AvgIpc) is 2.78. The summed E-state index contributed by atoms with van der Waals surface area (Å²) in [6, 6.07) is 5.75. The smallest absolute Gasteiger partial charge is 0.327 e. The second-order valence-electron chi connectivity index (χ2n) is 4.96. The summed E-state index contributed by atoms with van der Waals surface area (Å²) in [7, 11) is -0.566. The van der Waals surface area contributed by atoms with Gasteiger partial charge in [-0.15, -0.1) is 0 Å². The van der Waals surface area contributed by atoms with E-state index in [4.69, 9.17) is 5.73 Å². The van der Waals surface area contributed by atoms with Gasteiger partial charge in [0.1, 0.15) is 0 Å². The zero-order valence-corrected chi connectivity index (χ0v) is 12.7. The third-order valence-electron chi connectivity index (χ3n) is 3.60. The molecule has 118 valence electrons. The molecule has 1 heterocycles. The molecule has 0 aliphatic carbocycles. The Labute approximate surface area is 129 Å². The van der Waals surface area contributed by atoms with Gasteiger partial charge in [0.25, 0.3) is 11.8 Å². The molecule has 0 saturated heterocycles. The lowest BCUT2D eigenvalue weighted by molar-refractivity contribution is 0.0182. The van der Waals surface area contributed by atoms with Crippen LogP contribution in [0.4, 0.5) is 0 Å². The molecule has 2 rings (SSSR count). The SMILES string of the molecule is NCCCC(C(O)COP=O)N1C(=O)c2ccccc2C1=O. The van der Waals surface area contributed by atoms with Gasteiger partial charge in [0, 0.05) is 0 Å². The lowest BCUT2D eigenvalue weighted by Gasteiger charge is -2.29. The van der Waals surface area contributed by atoms with Crippen LogP contribution < -0.4 is 5.73 Å². The monoisotopic (exact) mass is 324 g/mol. The first-order chi connectivity index (χ1) is 10.6. The molecule has 2 atom stereocenters. The highest BCUT2D eigenvalue weighted by Gasteiger charge is 2.42. The molecule has 2 unspecified atom stereocenters. The number of amides is 2. The molecule has 0 spiro atoms. The average molecular weight is 324 g/mol. The van der Waals surface area contributed by atoms with Gasteiger partial charge in [0.15, 0.2) is 0 Å². The van der Waals surface area contributed by atoms with Crippen LogP contribution >= 0.6 is 8.69 Å². The fourth-order valence-corrected chi connectivity index (χ4v) is 2.76. The Morgan fingerprint density at radius 1 is 1.23 bits per heavy atom. The molecule has 2 amide bonds. The quantitative estimate of drug-likeness (QED) is 0.545. The van der Waals surface area contributed by atoms with Gasteiger partial charge in [-0.05, 0) is 31.5 Å². The van der Waals surface area contributed by atoms with E-state index in [0.29, 0.717) is 30.5 Å². The molecule has 1 aromatic rings. The number of carbonyl (C=O) groups is 2. The first kappa shape index (κ1) is 16.7. The lowest BCUT2D eigenvalue weighted by Crippen LogP contribution is -2.48. The summed E-state index contributed by atoms with van der Waals surface area (Å²) in [6.45, 7) is 0.126. The van der Waals surface area contributed by atoms with Crippen molar-refractivity contribution in [2.75, 3.05) is 13.2 Å². The van der Waals surface area contributed by atoms with E-state index >= 15 is 0 Å². The van der Waals surface area contributed by atoms with Gasteiger partial charge >= 0.3 is 8.69 Å². The molecule has 0 radical (unpaired) electrons. The van der Waals surface area contributed by atoms with Gasteiger partial charge in [0.2, 0.25) is 0 Å². The number of nitrogens with zero attached hydrogens (tertiary/aromatic N) is 1. The molecule has 22 heavy (non-hydrogen) atoms. The highest BCUT2D eigenvalue weighted by Crippen LogP contribution is 2.27. The Balaban J connectivity index is 2.26. The van der Waals surface area contributed by atoms with Gasteiger partial charge in [-0.2, -0.15) is 0 Å². The van der Waals surface area contributed by atoms with Crippen molar-refractivity contribution in [3.05, 3.63) is 35.4 Å². The first-order valence-electron chi connectivity index (χ1n) is 6.91. The summed E-state index contributed by atoms with van der Waals surface area (Å²) in [4.78, 5) is 25.9. The molecular formula is C14H17N2O5P. The molecule has 1 aromatic carbocycles. The Morgan fingerprint density at radius 3 is 2.32 bits per heavy atom. The van der Waals surface area contributed by atoms with Crippen LogP contribution in [0.1, 0.15) is 33.6 Å². The molecule has 0 aromatic heterocycles. The highest BCUT2D eigenvalue weighted by molar-refractivity contribution is 7.17. The summed E-state index contributed by atoms with van der Waals surface area (Å²) in [5.41, 5.74) is 6.12. The Kier molecular flexibility index (Phi) is 5.74. The van der Waals surface area contributed by atoms with Gasteiger partial charge < -0.3 is 10.8 Å². The number of aliphatic hydroxyl groups excluding tert-OH is 1. The number of hydrogen-bond acceptors (Lipinski definition) is 6. The number of hydrogen-bond donors (Lipinski definition) is 2. The van der Waals surface area contributed by atoms with E-state index in [0.717, 1.165) is 4.90 Å². The molecule has 0 fully saturated rings. The van der Waals surface area contributed by atoms with Crippen LogP contribution in [0.3, 0.4) is 0 Å². The molecule has 0 saturated carbocycles. The maximum atomic E-state index is 12.4. The van der Waals surface area contributed by atoms with Crippen molar-refractivity contribution < 1.29 is 23.8 Å². The number of aliphatic hydroxyl groups is 1. The largest absolute Gasteiger partial charge is 0.389 e.